The fraction of sp³-hybridized carbons (Fsp3) is 0.647. The average Bonchev–Trinajstić information content (AvgIpc) is 2.86. The first kappa shape index (κ1) is 15.7. The molecule has 22 heavy (non-hydrogen) atoms. The van der Waals surface area contributed by atoms with E-state index >= 15 is 0 Å². The van der Waals surface area contributed by atoms with Crippen LogP contribution in [0.15, 0.2) is 18.2 Å². The molecule has 0 aliphatic carbocycles. The quantitative estimate of drug-likeness (QED) is 0.863. The highest BCUT2D eigenvalue weighted by atomic mass is 16.5. The lowest BCUT2D eigenvalue weighted by molar-refractivity contribution is 0.0528. The average molecular weight is 306 g/mol. The summed E-state index contributed by atoms with van der Waals surface area (Å²) in [6.07, 6.45) is 0.715. The number of ether oxygens (including phenoxy) is 1. The van der Waals surface area contributed by atoms with Gasteiger partial charge in [0.2, 0.25) is 0 Å². The molecule has 2 aliphatic rings. The van der Waals surface area contributed by atoms with Crippen LogP contribution in [0.4, 0.5) is 0 Å². The summed E-state index contributed by atoms with van der Waals surface area (Å²) in [5.41, 5.74) is 2.03. The van der Waals surface area contributed by atoms with Crippen LogP contribution >= 0.6 is 0 Å². The van der Waals surface area contributed by atoms with E-state index in [4.69, 9.17) is 4.74 Å². The maximum atomic E-state index is 9.85. The lowest BCUT2D eigenvalue weighted by atomic mass is 10.0. The third-order valence-electron chi connectivity index (χ3n) is 4.97. The molecule has 2 aliphatic heterocycles. The Morgan fingerprint density at radius 3 is 2.82 bits per heavy atom. The highest BCUT2D eigenvalue weighted by Gasteiger charge is 2.37. The number of fused-ring (bicyclic) bond motifs is 1. The normalized spacial score (nSPS) is 29.5. The van der Waals surface area contributed by atoms with Gasteiger partial charge in [0, 0.05) is 43.8 Å². The van der Waals surface area contributed by atoms with Crippen molar-refractivity contribution in [3.63, 3.8) is 0 Å². The number of aliphatic hydroxyl groups excluding tert-OH is 2. The van der Waals surface area contributed by atoms with Crippen LogP contribution in [0.2, 0.25) is 0 Å². The molecular weight excluding hydrogens is 280 g/mol. The van der Waals surface area contributed by atoms with Gasteiger partial charge in [-0.3, -0.25) is 9.80 Å². The summed E-state index contributed by atoms with van der Waals surface area (Å²) in [5.74, 6) is 0.739. The maximum Gasteiger partial charge on any atom is 0.124 e. The Morgan fingerprint density at radius 2 is 2.09 bits per heavy atom. The molecule has 0 bridgehead atoms. The van der Waals surface area contributed by atoms with Crippen molar-refractivity contribution in [2.24, 2.45) is 0 Å². The largest absolute Gasteiger partial charge is 0.496 e. The molecule has 122 valence electrons. The van der Waals surface area contributed by atoms with Gasteiger partial charge in [0.25, 0.3) is 0 Å². The molecule has 2 saturated heterocycles. The monoisotopic (exact) mass is 306 g/mol. The van der Waals surface area contributed by atoms with Gasteiger partial charge >= 0.3 is 0 Å². The zero-order valence-electron chi connectivity index (χ0n) is 13.4. The second-order valence-electron chi connectivity index (χ2n) is 6.58. The van der Waals surface area contributed by atoms with Crippen LogP contribution in [-0.2, 0) is 13.2 Å². The molecule has 0 saturated carbocycles. The maximum absolute atomic E-state index is 9.85. The topological polar surface area (TPSA) is 56.2 Å². The van der Waals surface area contributed by atoms with E-state index in [2.05, 4.69) is 22.8 Å². The molecule has 5 nitrogen and oxygen atoms in total. The molecule has 3 atom stereocenters. The first-order valence-electron chi connectivity index (χ1n) is 8.03. The Bertz CT molecular complexity index is 523. The van der Waals surface area contributed by atoms with Crippen molar-refractivity contribution in [2.75, 3.05) is 26.7 Å². The predicted molar refractivity (Wildman–Crippen MR) is 84.8 cm³/mol. The molecule has 0 amide bonds. The number of hydrogen-bond donors (Lipinski definition) is 2. The Hall–Kier alpha value is -1.14. The second-order valence-corrected chi connectivity index (χ2v) is 6.58. The van der Waals surface area contributed by atoms with Crippen molar-refractivity contribution in [2.45, 2.75) is 44.7 Å². The lowest BCUT2D eigenvalue weighted by Gasteiger charge is -2.42. The molecule has 1 aromatic carbocycles. The van der Waals surface area contributed by atoms with Crippen molar-refractivity contribution < 1.29 is 14.9 Å². The zero-order chi connectivity index (χ0) is 15.7. The van der Waals surface area contributed by atoms with Gasteiger partial charge in [0.05, 0.1) is 19.8 Å². The molecule has 1 aromatic rings. The lowest BCUT2D eigenvalue weighted by Crippen LogP contribution is -2.54. The van der Waals surface area contributed by atoms with Crippen LogP contribution in [0.3, 0.4) is 0 Å². The third-order valence-corrected chi connectivity index (χ3v) is 4.97. The first-order valence-corrected chi connectivity index (χ1v) is 8.03. The molecule has 0 spiro atoms. The number of benzene rings is 1. The van der Waals surface area contributed by atoms with E-state index in [9.17, 15) is 10.2 Å². The number of methoxy groups -OCH3 is 1. The van der Waals surface area contributed by atoms with Gasteiger partial charge in [-0.1, -0.05) is 6.07 Å². The Kier molecular flexibility index (Phi) is 4.68. The Labute approximate surface area is 132 Å². The minimum absolute atomic E-state index is 0.00480. The minimum Gasteiger partial charge on any atom is -0.496 e. The Morgan fingerprint density at radius 1 is 1.27 bits per heavy atom. The Balaban J connectivity index is 1.70. The van der Waals surface area contributed by atoms with Crippen molar-refractivity contribution in [3.8, 4) is 5.75 Å². The fourth-order valence-corrected chi connectivity index (χ4v) is 3.79. The standard InChI is InChI=1S/C17H26N2O3/c1-12-7-19-10-16(21)6-15(19)9-18(12)8-13-3-4-17(22-2)14(5-13)11-20/h3-5,12,15-16,20-21H,6-11H2,1-2H3/t12-,15?,16+/m0/s1. The van der Waals surface area contributed by atoms with Crippen LogP contribution in [0.1, 0.15) is 24.5 Å². The zero-order valence-corrected chi connectivity index (χ0v) is 13.4. The van der Waals surface area contributed by atoms with Gasteiger partial charge in [-0.15, -0.1) is 0 Å². The van der Waals surface area contributed by atoms with Gasteiger partial charge in [0.1, 0.15) is 5.75 Å². The molecule has 3 rings (SSSR count). The summed E-state index contributed by atoms with van der Waals surface area (Å²) in [6, 6.07) is 6.98. The summed E-state index contributed by atoms with van der Waals surface area (Å²) < 4.78 is 5.26. The molecule has 5 heteroatoms. The summed E-state index contributed by atoms with van der Waals surface area (Å²) >= 11 is 0. The van der Waals surface area contributed by atoms with Gasteiger partial charge in [-0.05, 0) is 31.0 Å². The summed E-state index contributed by atoms with van der Waals surface area (Å²) in [6.45, 7) is 5.95. The second kappa shape index (κ2) is 6.54. The van der Waals surface area contributed by atoms with Crippen molar-refractivity contribution in [3.05, 3.63) is 29.3 Å². The van der Waals surface area contributed by atoms with Crippen molar-refractivity contribution in [1.29, 1.82) is 0 Å². The van der Waals surface area contributed by atoms with Crippen LogP contribution in [0.5, 0.6) is 5.75 Å². The molecular formula is C17H26N2O3. The number of nitrogens with zero attached hydrogens (tertiary/aromatic N) is 2. The number of piperazine rings is 1. The molecule has 2 N–H and O–H groups in total. The number of aliphatic hydroxyl groups is 2. The van der Waals surface area contributed by atoms with Gasteiger partial charge in [-0.2, -0.15) is 0 Å². The first-order chi connectivity index (χ1) is 10.6. The van der Waals surface area contributed by atoms with Crippen LogP contribution in [0, 0.1) is 0 Å². The summed E-state index contributed by atoms with van der Waals surface area (Å²) in [5, 5.41) is 19.3. The van der Waals surface area contributed by atoms with Crippen LogP contribution < -0.4 is 4.74 Å². The van der Waals surface area contributed by atoms with E-state index in [1.165, 1.54) is 5.56 Å². The van der Waals surface area contributed by atoms with E-state index < -0.39 is 0 Å². The van der Waals surface area contributed by atoms with Crippen LogP contribution in [0.25, 0.3) is 0 Å². The molecule has 2 heterocycles. The number of hydrogen-bond acceptors (Lipinski definition) is 5. The molecule has 1 unspecified atom stereocenters. The summed E-state index contributed by atoms with van der Waals surface area (Å²) in [4.78, 5) is 4.89. The smallest absolute Gasteiger partial charge is 0.124 e. The van der Waals surface area contributed by atoms with E-state index in [-0.39, 0.29) is 12.7 Å². The molecule has 2 fully saturated rings. The summed E-state index contributed by atoms with van der Waals surface area (Å²) in [7, 11) is 1.63. The van der Waals surface area contributed by atoms with Gasteiger partial charge < -0.3 is 14.9 Å². The minimum atomic E-state index is -0.167. The SMILES string of the molecule is COc1ccc(CN2CC3C[C@@H](O)CN3C[C@@H]2C)cc1CO. The van der Waals surface area contributed by atoms with Gasteiger partial charge in [0.15, 0.2) is 0 Å². The highest BCUT2D eigenvalue weighted by Crippen LogP contribution is 2.27. The third kappa shape index (κ3) is 3.13. The van der Waals surface area contributed by atoms with E-state index in [1.807, 2.05) is 12.1 Å². The van der Waals surface area contributed by atoms with Crippen molar-refractivity contribution >= 4 is 0 Å². The highest BCUT2D eigenvalue weighted by molar-refractivity contribution is 5.36. The van der Waals surface area contributed by atoms with Gasteiger partial charge in [-0.25, -0.2) is 0 Å². The predicted octanol–water partition coefficient (Wildman–Crippen LogP) is 0.827. The van der Waals surface area contributed by atoms with Crippen LogP contribution in [-0.4, -0.2) is 64.9 Å². The van der Waals surface area contributed by atoms with Crippen molar-refractivity contribution in [1.82, 2.24) is 9.80 Å². The van der Waals surface area contributed by atoms with E-state index in [1.54, 1.807) is 7.11 Å². The van der Waals surface area contributed by atoms with E-state index in [0.717, 1.165) is 43.9 Å². The molecule has 0 aromatic heterocycles. The molecule has 0 radical (unpaired) electrons. The fourth-order valence-electron chi connectivity index (χ4n) is 3.79. The number of rotatable bonds is 4. The van der Waals surface area contributed by atoms with E-state index in [0.29, 0.717) is 12.1 Å².